The second-order valence-corrected chi connectivity index (χ2v) is 6.52. The molecule has 2 atom stereocenters. The molecule has 110 valence electrons. The molecular weight excluding hydrogens is 268 g/mol. The van der Waals surface area contributed by atoms with Crippen LogP contribution in [0.25, 0.3) is 0 Å². The van der Waals surface area contributed by atoms with E-state index in [1.807, 2.05) is 6.07 Å². The van der Waals surface area contributed by atoms with Crippen molar-refractivity contribution in [1.29, 1.82) is 0 Å². The molecule has 0 aromatic heterocycles. The Labute approximate surface area is 127 Å². The molecular formula is C17H25ClN2. The minimum Gasteiger partial charge on any atom is -0.368 e. The predicted molar refractivity (Wildman–Crippen MR) is 86.5 cm³/mol. The van der Waals surface area contributed by atoms with Crippen LogP contribution in [0.2, 0.25) is 5.02 Å². The number of rotatable bonds is 4. The first-order chi connectivity index (χ1) is 9.81. The number of fused-ring (bicyclic) bond motifs is 1. The van der Waals surface area contributed by atoms with Crippen molar-refractivity contribution in [2.45, 2.75) is 51.6 Å². The largest absolute Gasteiger partial charge is 0.368 e. The average Bonchev–Trinajstić information content (AvgIpc) is 2.89. The van der Waals surface area contributed by atoms with Crippen molar-refractivity contribution in [2.24, 2.45) is 5.92 Å². The Kier molecular flexibility index (Phi) is 4.52. The number of benzene rings is 1. The Morgan fingerprint density at radius 3 is 2.95 bits per heavy atom. The highest BCUT2D eigenvalue weighted by Crippen LogP contribution is 2.41. The van der Waals surface area contributed by atoms with Gasteiger partial charge in [0.2, 0.25) is 0 Å². The maximum atomic E-state index is 6.45. The van der Waals surface area contributed by atoms with Crippen molar-refractivity contribution in [3.8, 4) is 0 Å². The lowest BCUT2D eigenvalue weighted by Crippen LogP contribution is -2.35. The average molecular weight is 293 g/mol. The van der Waals surface area contributed by atoms with Gasteiger partial charge in [0, 0.05) is 35.4 Å². The monoisotopic (exact) mass is 292 g/mol. The fourth-order valence-corrected chi connectivity index (χ4v) is 4.18. The first-order valence-corrected chi connectivity index (χ1v) is 8.43. The molecule has 1 aromatic rings. The molecule has 1 aliphatic heterocycles. The van der Waals surface area contributed by atoms with Crippen LogP contribution in [0, 0.1) is 5.92 Å². The van der Waals surface area contributed by atoms with Crippen LogP contribution in [-0.2, 0) is 6.54 Å². The molecule has 1 saturated carbocycles. The van der Waals surface area contributed by atoms with Gasteiger partial charge in [0.15, 0.2) is 0 Å². The van der Waals surface area contributed by atoms with E-state index in [9.17, 15) is 0 Å². The maximum absolute atomic E-state index is 6.45. The van der Waals surface area contributed by atoms with E-state index >= 15 is 0 Å². The summed E-state index contributed by atoms with van der Waals surface area (Å²) in [7, 11) is 0. The van der Waals surface area contributed by atoms with Crippen LogP contribution in [0.5, 0.6) is 0 Å². The Morgan fingerprint density at radius 1 is 1.25 bits per heavy atom. The first kappa shape index (κ1) is 14.2. The predicted octanol–water partition coefficient (Wildman–Crippen LogP) is 4.22. The Balaban J connectivity index is 1.87. The topological polar surface area (TPSA) is 15.3 Å². The molecule has 0 bridgehead atoms. The maximum Gasteiger partial charge on any atom is 0.0471 e. The molecule has 2 aliphatic rings. The van der Waals surface area contributed by atoms with Gasteiger partial charge in [0.1, 0.15) is 0 Å². The van der Waals surface area contributed by atoms with Crippen LogP contribution in [-0.4, -0.2) is 19.1 Å². The summed E-state index contributed by atoms with van der Waals surface area (Å²) < 4.78 is 0. The molecule has 1 saturated heterocycles. The second-order valence-electron chi connectivity index (χ2n) is 6.11. The highest BCUT2D eigenvalue weighted by atomic mass is 35.5. The summed E-state index contributed by atoms with van der Waals surface area (Å²) in [6, 6.07) is 7.13. The number of anilines is 1. The molecule has 1 heterocycles. The Bertz CT molecular complexity index is 460. The standard InChI is InChI=1S/C17H25ClN2/c1-2-19-12-14-15(18)7-5-9-17(14)20-11-10-13-6-3-4-8-16(13)20/h5,7,9,13,16,19H,2-4,6,8,10-12H2,1H3. The highest BCUT2D eigenvalue weighted by molar-refractivity contribution is 6.31. The summed E-state index contributed by atoms with van der Waals surface area (Å²) in [5.74, 6) is 0.912. The lowest BCUT2D eigenvalue weighted by atomic mass is 9.85. The quantitative estimate of drug-likeness (QED) is 0.894. The molecule has 0 amide bonds. The van der Waals surface area contributed by atoms with E-state index in [1.165, 1.54) is 49.9 Å². The van der Waals surface area contributed by atoms with Gasteiger partial charge in [-0.2, -0.15) is 0 Å². The number of nitrogens with zero attached hydrogens (tertiary/aromatic N) is 1. The number of halogens is 1. The molecule has 0 spiro atoms. The zero-order valence-corrected chi connectivity index (χ0v) is 13.1. The fraction of sp³-hybridized carbons (Fsp3) is 0.647. The molecule has 3 heteroatoms. The van der Waals surface area contributed by atoms with Gasteiger partial charge in [0.25, 0.3) is 0 Å². The van der Waals surface area contributed by atoms with Crippen molar-refractivity contribution in [3.63, 3.8) is 0 Å². The zero-order chi connectivity index (χ0) is 13.9. The van der Waals surface area contributed by atoms with Crippen molar-refractivity contribution in [3.05, 3.63) is 28.8 Å². The third-order valence-corrected chi connectivity index (χ3v) is 5.32. The fourth-order valence-electron chi connectivity index (χ4n) is 3.95. The number of hydrogen-bond donors (Lipinski definition) is 1. The summed E-state index contributed by atoms with van der Waals surface area (Å²) in [5, 5.41) is 4.34. The second kappa shape index (κ2) is 6.36. The third-order valence-electron chi connectivity index (χ3n) is 4.97. The normalized spacial score (nSPS) is 25.8. The van der Waals surface area contributed by atoms with Gasteiger partial charge in [-0.3, -0.25) is 0 Å². The van der Waals surface area contributed by atoms with E-state index in [4.69, 9.17) is 11.6 Å². The summed E-state index contributed by atoms with van der Waals surface area (Å²) >= 11 is 6.45. The van der Waals surface area contributed by atoms with E-state index in [1.54, 1.807) is 0 Å². The lowest BCUT2D eigenvalue weighted by Gasteiger charge is -2.34. The van der Waals surface area contributed by atoms with Crippen LogP contribution in [0.3, 0.4) is 0 Å². The summed E-state index contributed by atoms with van der Waals surface area (Å²) in [6.07, 6.45) is 6.95. The van der Waals surface area contributed by atoms with Crippen LogP contribution in [0.1, 0.15) is 44.6 Å². The van der Waals surface area contributed by atoms with Gasteiger partial charge in [-0.1, -0.05) is 37.4 Å². The van der Waals surface area contributed by atoms with Crippen LogP contribution < -0.4 is 10.2 Å². The molecule has 1 N–H and O–H groups in total. The molecule has 20 heavy (non-hydrogen) atoms. The van der Waals surface area contributed by atoms with Crippen molar-refractivity contribution < 1.29 is 0 Å². The first-order valence-electron chi connectivity index (χ1n) is 8.06. The van der Waals surface area contributed by atoms with Crippen molar-refractivity contribution >= 4 is 17.3 Å². The summed E-state index contributed by atoms with van der Waals surface area (Å²) in [6.45, 7) is 5.20. The van der Waals surface area contributed by atoms with Crippen LogP contribution in [0.4, 0.5) is 5.69 Å². The molecule has 2 unspecified atom stereocenters. The van der Waals surface area contributed by atoms with E-state index in [0.29, 0.717) is 0 Å². The van der Waals surface area contributed by atoms with Gasteiger partial charge in [-0.25, -0.2) is 0 Å². The molecule has 2 nitrogen and oxygen atoms in total. The summed E-state index contributed by atoms with van der Waals surface area (Å²) in [4.78, 5) is 2.64. The van der Waals surface area contributed by atoms with Gasteiger partial charge in [0.05, 0.1) is 0 Å². The molecule has 0 radical (unpaired) electrons. The van der Waals surface area contributed by atoms with E-state index < -0.39 is 0 Å². The molecule has 3 rings (SSSR count). The molecule has 1 aromatic carbocycles. The minimum absolute atomic E-state index is 0.752. The van der Waals surface area contributed by atoms with E-state index in [2.05, 4.69) is 29.3 Å². The van der Waals surface area contributed by atoms with E-state index in [0.717, 1.165) is 30.1 Å². The number of hydrogen-bond acceptors (Lipinski definition) is 2. The highest BCUT2D eigenvalue weighted by Gasteiger charge is 2.36. The number of nitrogens with one attached hydrogen (secondary N) is 1. The zero-order valence-electron chi connectivity index (χ0n) is 12.4. The SMILES string of the molecule is CCNCc1c(Cl)cccc1N1CCC2CCCCC21. The van der Waals surface area contributed by atoms with Crippen molar-refractivity contribution in [1.82, 2.24) is 5.32 Å². The molecule has 2 fully saturated rings. The van der Waals surface area contributed by atoms with Crippen molar-refractivity contribution in [2.75, 3.05) is 18.0 Å². The smallest absolute Gasteiger partial charge is 0.0471 e. The Hall–Kier alpha value is -0.730. The van der Waals surface area contributed by atoms with Gasteiger partial charge >= 0.3 is 0 Å². The van der Waals surface area contributed by atoms with Gasteiger partial charge in [-0.15, -0.1) is 0 Å². The molecule has 1 aliphatic carbocycles. The van der Waals surface area contributed by atoms with Crippen LogP contribution in [0.15, 0.2) is 18.2 Å². The minimum atomic E-state index is 0.752. The lowest BCUT2D eigenvalue weighted by molar-refractivity contribution is 0.342. The Morgan fingerprint density at radius 2 is 2.10 bits per heavy atom. The third kappa shape index (κ3) is 2.68. The van der Waals surface area contributed by atoms with Gasteiger partial charge < -0.3 is 10.2 Å². The summed E-state index contributed by atoms with van der Waals surface area (Å²) in [5.41, 5.74) is 2.65. The van der Waals surface area contributed by atoms with E-state index in [-0.39, 0.29) is 0 Å². The van der Waals surface area contributed by atoms with Gasteiger partial charge in [-0.05, 0) is 43.9 Å². The van der Waals surface area contributed by atoms with Crippen LogP contribution >= 0.6 is 11.6 Å².